The smallest absolute Gasteiger partial charge is 0.185 e. The summed E-state index contributed by atoms with van der Waals surface area (Å²) in [4.78, 5) is 7.33. The van der Waals surface area contributed by atoms with Crippen LogP contribution in [0.4, 0.5) is 0 Å². The Bertz CT molecular complexity index is 753. The van der Waals surface area contributed by atoms with Gasteiger partial charge in [-0.25, -0.2) is 4.98 Å². The summed E-state index contributed by atoms with van der Waals surface area (Å²) in [7, 11) is 1.85. The first-order valence-corrected chi connectivity index (χ1v) is 5.70. The second kappa shape index (κ2) is 3.68. The molecule has 0 unspecified atom stereocenters. The van der Waals surface area contributed by atoms with E-state index in [2.05, 4.69) is 15.1 Å². The number of aromatic amines is 1. The zero-order chi connectivity index (χ0) is 12.0. The minimum atomic E-state index is 0.550. The molecular formula is C10H8ClN5S. The van der Waals surface area contributed by atoms with E-state index in [1.54, 1.807) is 21.5 Å². The first-order chi connectivity index (χ1) is 8.15. The van der Waals surface area contributed by atoms with E-state index in [0.29, 0.717) is 9.79 Å². The Kier molecular flexibility index (Phi) is 2.27. The van der Waals surface area contributed by atoms with Gasteiger partial charge in [-0.2, -0.15) is 5.10 Å². The van der Waals surface area contributed by atoms with Crippen molar-refractivity contribution in [1.82, 2.24) is 24.3 Å². The normalized spacial score (nSPS) is 11.2. The van der Waals surface area contributed by atoms with Crippen LogP contribution in [0, 0.1) is 4.77 Å². The van der Waals surface area contributed by atoms with Crippen molar-refractivity contribution in [2.24, 2.45) is 7.05 Å². The molecule has 0 aliphatic carbocycles. The van der Waals surface area contributed by atoms with Gasteiger partial charge in [-0.05, 0) is 18.3 Å². The van der Waals surface area contributed by atoms with Crippen LogP contribution in [0.2, 0.25) is 5.02 Å². The van der Waals surface area contributed by atoms with Crippen LogP contribution in [0.3, 0.4) is 0 Å². The maximum atomic E-state index is 5.88. The summed E-state index contributed by atoms with van der Waals surface area (Å²) in [6.45, 7) is 0. The van der Waals surface area contributed by atoms with Crippen LogP contribution in [0.1, 0.15) is 0 Å². The fourth-order valence-corrected chi connectivity index (χ4v) is 2.15. The predicted octanol–water partition coefficient (Wildman–Crippen LogP) is 2.47. The summed E-state index contributed by atoms with van der Waals surface area (Å²) in [6, 6.07) is 3.67. The van der Waals surface area contributed by atoms with Crippen molar-refractivity contribution in [3.05, 3.63) is 34.3 Å². The molecule has 0 aliphatic rings. The van der Waals surface area contributed by atoms with Gasteiger partial charge < -0.3 is 4.98 Å². The maximum Gasteiger partial charge on any atom is 0.185 e. The van der Waals surface area contributed by atoms with E-state index in [0.717, 1.165) is 17.0 Å². The molecule has 0 saturated carbocycles. The highest BCUT2D eigenvalue weighted by Crippen LogP contribution is 2.19. The van der Waals surface area contributed by atoms with Gasteiger partial charge in [-0.1, -0.05) is 11.6 Å². The van der Waals surface area contributed by atoms with Crippen LogP contribution < -0.4 is 0 Å². The molecule has 0 spiro atoms. The summed E-state index contributed by atoms with van der Waals surface area (Å²) in [5.74, 6) is 0.735. The van der Waals surface area contributed by atoms with Gasteiger partial charge in [0, 0.05) is 25.5 Å². The van der Waals surface area contributed by atoms with Gasteiger partial charge in [-0.3, -0.25) is 9.25 Å². The lowest BCUT2D eigenvalue weighted by Gasteiger charge is -1.98. The summed E-state index contributed by atoms with van der Waals surface area (Å²) < 4.78 is 4.04. The highest BCUT2D eigenvalue weighted by atomic mass is 35.5. The largest absolute Gasteiger partial charge is 0.329 e. The quantitative estimate of drug-likeness (QED) is 0.688. The number of hydrogen-bond acceptors (Lipinski definition) is 3. The minimum Gasteiger partial charge on any atom is -0.329 e. The molecule has 5 nitrogen and oxygen atoms in total. The van der Waals surface area contributed by atoms with Crippen molar-refractivity contribution < 1.29 is 0 Å². The Morgan fingerprint density at radius 2 is 2.29 bits per heavy atom. The Morgan fingerprint density at radius 3 is 3.00 bits per heavy atom. The Hall–Kier alpha value is -1.66. The van der Waals surface area contributed by atoms with E-state index in [9.17, 15) is 0 Å². The van der Waals surface area contributed by atoms with E-state index < -0.39 is 0 Å². The first-order valence-electron chi connectivity index (χ1n) is 4.91. The van der Waals surface area contributed by atoms with E-state index in [-0.39, 0.29) is 0 Å². The van der Waals surface area contributed by atoms with Gasteiger partial charge >= 0.3 is 0 Å². The highest BCUT2D eigenvalue weighted by Gasteiger charge is 2.09. The van der Waals surface area contributed by atoms with Crippen LogP contribution in [0.25, 0.3) is 17.0 Å². The topological polar surface area (TPSA) is 51.4 Å². The van der Waals surface area contributed by atoms with Gasteiger partial charge in [0.1, 0.15) is 0 Å². The number of aromatic nitrogens is 5. The standard InChI is InChI=1S/C10H8ClN5S/c1-15-3-2-8(14-15)16-9-7(13-10(16)17)4-6(11)5-12-9/h2-5H,1H3,(H,13,17). The molecule has 3 aromatic rings. The molecule has 0 bridgehead atoms. The lowest BCUT2D eigenvalue weighted by atomic mass is 10.4. The third kappa shape index (κ3) is 1.65. The third-order valence-electron chi connectivity index (χ3n) is 2.42. The Balaban J connectivity index is 2.36. The molecule has 0 fully saturated rings. The average Bonchev–Trinajstić information content (AvgIpc) is 2.80. The second-order valence-electron chi connectivity index (χ2n) is 3.64. The summed E-state index contributed by atoms with van der Waals surface area (Å²) in [6.07, 6.45) is 3.44. The van der Waals surface area contributed by atoms with Crippen molar-refractivity contribution in [2.45, 2.75) is 0 Å². The summed E-state index contributed by atoms with van der Waals surface area (Å²) in [5, 5.41) is 4.88. The van der Waals surface area contributed by atoms with Crippen molar-refractivity contribution in [1.29, 1.82) is 0 Å². The number of rotatable bonds is 1. The zero-order valence-corrected chi connectivity index (χ0v) is 10.5. The Labute approximate surface area is 107 Å². The number of nitrogens with zero attached hydrogens (tertiary/aromatic N) is 4. The van der Waals surface area contributed by atoms with Crippen molar-refractivity contribution >= 4 is 35.0 Å². The lowest BCUT2D eigenvalue weighted by molar-refractivity contribution is 0.751. The van der Waals surface area contributed by atoms with E-state index in [4.69, 9.17) is 23.8 Å². The molecule has 7 heteroatoms. The number of aryl methyl sites for hydroxylation is 1. The number of H-pyrrole nitrogens is 1. The SMILES string of the molecule is Cn1ccc(-n2c(=S)[nH]c3cc(Cl)cnc32)n1. The second-order valence-corrected chi connectivity index (χ2v) is 4.46. The van der Waals surface area contributed by atoms with Crippen LogP contribution in [-0.4, -0.2) is 24.3 Å². The highest BCUT2D eigenvalue weighted by molar-refractivity contribution is 7.71. The summed E-state index contributed by atoms with van der Waals surface area (Å²) in [5.41, 5.74) is 1.52. The number of fused-ring (bicyclic) bond motifs is 1. The molecule has 0 atom stereocenters. The summed E-state index contributed by atoms with van der Waals surface area (Å²) >= 11 is 11.1. The fraction of sp³-hybridized carbons (Fsp3) is 0.100. The number of hydrogen-bond donors (Lipinski definition) is 1. The van der Waals surface area contributed by atoms with Crippen LogP contribution >= 0.6 is 23.8 Å². The molecule has 0 radical (unpaired) electrons. The van der Waals surface area contributed by atoms with Gasteiger partial charge in [-0.15, -0.1) is 0 Å². The molecule has 0 aliphatic heterocycles. The van der Waals surface area contributed by atoms with Gasteiger partial charge in [0.25, 0.3) is 0 Å². The number of nitrogens with one attached hydrogen (secondary N) is 1. The molecule has 0 amide bonds. The number of pyridine rings is 1. The number of imidazole rings is 1. The van der Waals surface area contributed by atoms with E-state index in [1.165, 1.54) is 0 Å². The fourth-order valence-electron chi connectivity index (χ4n) is 1.70. The molecule has 1 N–H and O–H groups in total. The monoisotopic (exact) mass is 265 g/mol. The van der Waals surface area contributed by atoms with E-state index in [1.807, 2.05) is 19.3 Å². The average molecular weight is 266 g/mol. The van der Waals surface area contributed by atoms with E-state index >= 15 is 0 Å². The first kappa shape index (κ1) is 10.5. The molecule has 0 aromatic carbocycles. The molecule has 3 heterocycles. The zero-order valence-electron chi connectivity index (χ0n) is 8.88. The van der Waals surface area contributed by atoms with Gasteiger partial charge in [0.05, 0.1) is 10.5 Å². The maximum absolute atomic E-state index is 5.88. The predicted molar refractivity (Wildman–Crippen MR) is 68.0 cm³/mol. The van der Waals surface area contributed by atoms with Gasteiger partial charge in [0.2, 0.25) is 0 Å². The molecule has 0 saturated heterocycles. The van der Waals surface area contributed by atoms with Crippen LogP contribution in [-0.2, 0) is 7.05 Å². The number of halogens is 1. The van der Waals surface area contributed by atoms with Crippen LogP contribution in [0.5, 0.6) is 0 Å². The third-order valence-corrected chi connectivity index (χ3v) is 2.91. The molecule has 3 aromatic heterocycles. The molecule has 86 valence electrons. The molecule has 17 heavy (non-hydrogen) atoms. The Morgan fingerprint density at radius 1 is 1.47 bits per heavy atom. The van der Waals surface area contributed by atoms with Crippen molar-refractivity contribution in [2.75, 3.05) is 0 Å². The van der Waals surface area contributed by atoms with Crippen molar-refractivity contribution in [3.63, 3.8) is 0 Å². The molecular weight excluding hydrogens is 258 g/mol. The minimum absolute atomic E-state index is 0.550. The van der Waals surface area contributed by atoms with Crippen LogP contribution in [0.15, 0.2) is 24.5 Å². The lowest BCUT2D eigenvalue weighted by Crippen LogP contribution is -1.98. The van der Waals surface area contributed by atoms with Gasteiger partial charge in [0.15, 0.2) is 16.2 Å². The molecule has 3 rings (SSSR count). The van der Waals surface area contributed by atoms with Crippen molar-refractivity contribution in [3.8, 4) is 5.82 Å².